The van der Waals surface area contributed by atoms with Crippen molar-refractivity contribution in [2.24, 2.45) is 5.84 Å². The monoisotopic (exact) mass is 224 g/mol. The van der Waals surface area contributed by atoms with E-state index in [0.717, 1.165) is 0 Å². The van der Waals surface area contributed by atoms with Gasteiger partial charge in [0.2, 0.25) is 11.9 Å². The average molecular weight is 224 g/mol. The molecule has 0 radical (unpaired) electrons. The van der Waals surface area contributed by atoms with E-state index in [0.29, 0.717) is 11.8 Å². The Balaban J connectivity index is 2.72. The first kappa shape index (κ1) is 12.2. The minimum Gasteiger partial charge on any atom is -0.350 e. The van der Waals surface area contributed by atoms with Gasteiger partial charge < -0.3 is 9.80 Å². The summed E-state index contributed by atoms with van der Waals surface area (Å²) in [5.74, 6) is 6.16. The molecule has 7 heteroatoms. The lowest BCUT2D eigenvalue weighted by atomic mass is 10.4. The molecule has 16 heavy (non-hydrogen) atoms. The number of rotatable bonds is 4. The van der Waals surface area contributed by atoms with Gasteiger partial charge in [-0.05, 0) is 6.07 Å². The quantitative estimate of drug-likeness (QED) is 0.519. The zero-order valence-corrected chi connectivity index (χ0v) is 9.64. The van der Waals surface area contributed by atoms with Gasteiger partial charge in [0.05, 0.1) is 6.54 Å². The summed E-state index contributed by atoms with van der Waals surface area (Å²) < 4.78 is 0. The molecule has 0 aliphatic rings. The SMILES string of the molecule is CN(C)C(=O)CN(C)c1ccnc(NN)n1. The number of likely N-dealkylation sites (N-methyl/N-ethyl adjacent to an activating group) is 2. The van der Waals surface area contributed by atoms with E-state index in [-0.39, 0.29) is 12.5 Å². The van der Waals surface area contributed by atoms with Crippen LogP contribution in [0, 0.1) is 0 Å². The van der Waals surface area contributed by atoms with Crippen LogP contribution in [-0.4, -0.2) is 48.5 Å². The van der Waals surface area contributed by atoms with E-state index in [1.807, 2.05) is 0 Å². The number of amides is 1. The lowest BCUT2D eigenvalue weighted by Crippen LogP contribution is -2.34. The summed E-state index contributed by atoms with van der Waals surface area (Å²) >= 11 is 0. The zero-order chi connectivity index (χ0) is 12.1. The molecule has 0 spiro atoms. The summed E-state index contributed by atoms with van der Waals surface area (Å²) in [5.41, 5.74) is 2.35. The van der Waals surface area contributed by atoms with Crippen molar-refractivity contribution < 1.29 is 4.79 Å². The van der Waals surface area contributed by atoms with Crippen molar-refractivity contribution in [1.82, 2.24) is 14.9 Å². The van der Waals surface area contributed by atoms with Crippen molar-refractivity contribution in [1.29, 1.82) is 0 Å². The second-order valence-corrected chi connectivity index (χ2v) is 3.53. The largest absolute Gasteiger partial charge is 0.350 e. The number of aromatic nitrogens is 2. The van der Waals surface area contributed by atoms with Gasteiger partial charge in [0.1, 0.15) is 5.82 Å². The van der Waals surface area contributed by atoms with Crippen molar-refractivity contribution in [2.45, 2.75) is 0 Å². The van der Waals surface area contributed by atoms with Gasteiger partial charge in [0.25, 0.3) is 0 Å². The Hall–Kier alpha value is -1.89. The lowest BCUT2D eigenvalue weighted by molar-refractivity contribution is -0.127. The molecule has 1 aromatic heterocycles. The fourth-order valence-electron chi connectivity index (χ4n) is 1.06. The highest BCUT2D eigenvalue weighted by Gasteiger charge is 2.10. The Morgan fingerprint density at radius 3 is 2.75 bits per heavy atom. The van der Waals surface area contributed by atoms with E-state index in [9.17, 15) is 4.79 Å². The molecule has 1 aromatic rings. The minimum absolute atomic E-state index is 0.00312. The molecule has 0 bridgehead atoms. The summed E-state index contributed by atoms with van der Waals surface area (Å²) in [7, 11) is 5.20. The van der Waals surface area contributed by atoms with Gasteiger partial charge in [0, 0.05) is 27.3 Å². The summed E-state index contributed by atoms with van der Waals surface area (Å²) in [6.07, 6.45) is 1.58. The number of anilines is 2. The number of carbonyl (C=O) groups excluding carboxylic acids is 1. The highest BCUT2D eigenvalue weighted by Crippen LogP contribution is 2.09. The summed E-state index contributed by atoms with van der Waals surface area (Å²) in [4.78, 5) is 22.7. The first-order chi connectivity index (χ1) is 7.54. The predicted octanol–water partition coefficient (Wildman–Crippen LogP) is -0.713. The zero-order valence-electron chi connectivity index (χ0n) is 9.64. The molecule has 0 unspecified atom stereocenters. The molecular weight excluding hydrogens is 208 g/mol. The molecule has 0 aliphatic heterocycles. The van der Waals surface area contributed by atoms with E-state index in [1.54, 1.807) is 38.3 Å². The Bertz CT molecular complexity index is 367. The Labute approximate surface area is 94.2 Å². The Kier molecular flexibility index (Phi) is 4.01. The van der Waals surface area contributed by atoms with Crippen molar-refractivity contribution in [2.75, 3.05) is 38.0 Å². The molecule has 3 N–H and O–H groups in total. The van der Waals surface area contributed by atoms with Crippen LogP contribution in [0.3, 0.4) is 0 Å². The number of hydrogen-bond donors (Lipinski definition) is 2. The maximum absolute atomic E-state index is 11.5. The van der Waals surface area contributed by atoms with E-state index >= 15 is 0 Å². The number of hydrazine groups is 1. The molecule has 0 fully saturated rings. The fraction of sp³-hybridized carbons (Fsp3) is 0.444. The fourth-order valence-corrected chi connectivity index (χ4v) is 1.06. The van der Waals surface area contributed by atoms with Gasteiger partial charge in [-0.2, -0.15) is 4.98 Å². The highest BCUT2D eigenvalue weighted by molar-refractivity contribution is 5.80. The predicted molar refractivity (Wildman–Crippen MR) is 61.8 cm³/mol. The van der Waals surface area contributed by atoms with E-state index in [1.165, 1.54) is 4.90 Å². The number of carbonyl (C=O) groups is 1. The lowest BCUT2D eigenvalue weighted by Gasteiger charge is -2.20. The minimum atomic E-state index is 0.00312. The molecular formula is C9H16N6O. The normalized spacial score (nSPS) is 9.75. The molecule has 0 aromatic carbocycles. The van der Waals surface area contributed by atoms with Crippen molar-refractivity contribution in [3.05, 3.63) is 12.3 Å². The number of nitrogens with two attached hydrogens (primary N) is 1. The molecule has 0 aliphatic carbocycles. The van der Waals surface area contributed by atoms with Crippen LogP contribution in [-0.2, 0) is 4.79 Å². The van der Waals surface area contributed by atoms with E-state index in [2.05, 4.69) is 15.4 Å². The van der Waals surface area contributed by atoms with Crippen LogP contribution in [0.15, 0.2) is 12.3 Å². The summed E-state index contributed by atoms with van der Waals surface area (Å²) in [6, 6.07) is 1.71. The van der Waals surface area contributed by atoms with Gasteiger partial charge in [-0.1, -0.05) is 0 Å². The van der Waals surface area contributed by atoms with Gasteiger partial charge in [-0.25, -0.2) is 10.8 Å². The van der Waals surface area contributed by atoms with E-state index in [4.69, 9.17) is 5.84 Å². The molecule has 1 heterocycles. The van der Waals surface area contributed by atoms with Crippen LogP contribution < -0.4 is 16.2 Å². The Morgan fingerprint density at radius 1 is 1.50 bits per heavy atom. The molecule has 0 atom stereocenters. The van der Waals surface area contributed by atoms with Crippen LogP contribution in [0.5, 0.6) is 0 Å². The third kappa shape index (κ3) is 3.06. The second-order valence-electron chi connectivity index (χ2n) is 3.53. The Morgan fingerprint density at radius 2 is 2.19 bits per heavy atom. The standard InChI is InChI=1S/C9H16N6O/c1-14(2)8(16)6-15(3)7-4-5-11-9(12-7)13-10/h4-5H,6,10H2,1-3H3,(H,11,12,13). The van der Waals surface area contributed by atoms with Crippen LogP contribution in [0.1, 0.15) is 0 Å². The van der Waals surface area contributed by atoms with Crippen LogP contribution in [0.2, 0.25) is 0 Å². The number of nitrogens with one attached hydrogen (secondary N) is 1. The summed E-state index contributed by atoms with van der Waals surface area (Å²) in [5, 5.41) is 0. The van der Waals surface area contributed by atoms with Crippen molar-refractivity contribution in [3.63, 3.8) is 0 Å². The molecule has 0 saturated heterocycles. The van der Waals surface area contributed by atoms with Gasteiger partial charge in [0.15, 0.2) is 0 Å². The highest BCUT2D eigenvalue weighted by atomic mass is 16.2. The first-order valence-electron chi connectivity index (χ1n) is 4.75. The summed E-state index contributed by atoms with van der Waals surface area (Å²) in [6.45, 7) is 0.258. The van der Waals surface area contributed by atoms with Gasteiger partial charge in [-0.15, -0.1) is 0 Å². The molecule has 1 rings (SSSR count). The number of nitrogens with zero attached hydrogens (tertiary/aromatic N) is 4. The number of nitrogen functional groups attached to an aromatic ring is 1. The van der Waals surface area contributed by atoms with Gasteiger partial charge in [-0.3, -0.25) is 10.2 Å². The molecule has 7 nitrogen and oxygen atoms in total. The average Bonchev–Trinajstić information content (AvgIpc) is 2.28. The third-order valence-electron chi connectivity index (χ3n) is 2.03. The topological polar surface area (TPSA) is 87.4 Å². The van der Waals surface area contributed by atoms with E-state index < -0.39 is 0 Å². The molecule has 0 saturated carbocycles. The van der Waals surface area contributed by atoms with Crippen LogP contribution in [0.25, 0.3) is 0 Å². The van der Waals surface area contributed by atoms with Crippen LogP contribution >= 0.6 is 0 Å². The second kappa shape index (κ2) is 5.26. The third-order valence-corrected chi connectivity index (χ3v) is 2.03. The first-order valence-corrected chi connectivity index (χ1v) is 4.75. The molecule has 88 valence electrons. The van der Waals surface area contributed by atoms with Gasteiger partial charge >= 0.3 is 0 Å². The van der Waals surface area contributed by atoms with Crippen LogP contribution in [0.4, 0.5) is 11.8 Å². The smallest absolute Gasteiger partial charge is 0.241 e. The van der Waals surface area contributed by atoms with Crippen molar-refractivity contribution >= 4 is 17.7 Å². The number of hydrogen-bond acceptors (Lipinski definition) is 6. The maximum atomic E-state index is 11.5. The maximum Gasteiger partial charge on any atom is 0.241 e. The molecule has 1 amide bonds. The van der Waals surface area contributed by atoms with Crippen molar-refractivity contribution in [3.8, 4) is 0 Å².